The molecule has 1 amide bonds. The van der Waals surface area contributed by atoms with E-state index in [-0.39, 0.29) is 28.3 Å². The number of carbonyl (C=O) groups is 1. The predicted molar refractivity (Wildman–Crippen MR) is 97.6 cm³/mol. The highest BCUT2D eigenvalue weighted by atomic mass is 35.5. The first-order valence-corrected chi connectivity index (χ1v) is 7.81. The van der Waals surface area contributed by atoms with Gasteiger partial charge in [-0.2, -0.15) is 9.97 Å². The molecule has 2 rings (SSSR count). The zero-order chi connectivity index (χ0) is 19.0. The molecule has 1 heterocycles. The smallest absolute Gasteiger partial charge is 0.272 e. The molecule has 0 aliphatic heterocycles. The van der Waals surface area contributed by atoms with E-state index in [1.807, 2.05) is 13.8 Å². The van der Waals surface area contributed by atoms with Crippen molar-refractivity contribution in [2.45, 2.75) is 27.3 Å². The minimum atomic E-state index is -0.441. The summed E-state index contributed by atoms with van der Waals surface area (Å²) < 4.78 is 0. The van der Waals surface area contributed by atoms with Crippen LogP contribution in [0, 0.1) is 17.0 Å². The average Bonchev–Trinajstić information content (AvgIpc) is 2.57. The summed E-state index contributed by atoms with van der Waals surface area (Å²) in [4.78, 5) is 28.7. The summed E-state index contributed by atoms with van der Waals surface area (Å²) in [6.45, 7) is 5.96. The number of amides is 1. The molecule has 0 radical (unpaired) electrons. The first-order chi connectivity index (χ1) is 11.9. The van der Waals surface area contributed by atoms with Gasteiger partial charge in [0.15, 0.2) is 11.0 Å². The number of nitrogens with one attached hydrogen (secondary N) is 2. The highest BCUT2D eigenvalue weighted by molar-refractivity contribution is 6.33. The summed E-state index contributed by atoms with van der Waals surface area (Å²) in [6, 6.07) is 4.74. The van der Waals surface area contributed by atoms with Gasteiger partial charge in [-0.25, -0.2) is 0 Å². The molecule has 1 aromatic carbocycles. The van der Waals surface area contributed by atoms with Crippen LogP contribution in [0.15, 0.2) is 18.2 Å². The number of aromatic nitrogens is 2. The van der Waals surface area contributed by atoms with Crippen molar-refractivity contribution in [1.82, 2.24) is 9.97 Å². The van der Waals surface area contributed by atoms with Gasteiger partial charge in [-0.15, -0.1) is 0 Å². The Balaban J connectivity index is 0.00000151. The number of carbonyl (C=O) groups excluding carboxylic acids is 1. The van der Waals surface area contributed by atoms with Crippen LogP contribution in [0.5, 0.6) is 0 Å². The normalized spacial score (nSPS) is 9.60. The highest BCUT2D eigenvalue weighted by Crippen LogP contribution is 2.28. The summed E-state index contributed by atoms with van der Waals surface area (Å²) in [6.07, 6.45) is 0.446. The van der Waals surface area contributed by atoms with Gasteiger partial charge in [0.25, 0.3) is 5.69 Å². The van der Waals surface area contributed by atoms with E-state index in [1.165, 1.54) is 6.07 Å². The Morgan fingerprint density at radius 3 is 2.60 bits per heavy atom. The lowest BCUT2D eigenvalue weighted by Crippen LogP contribution is -2.09. The molecule has 4 N–H and O–H groups in total. The Kier molecular flexibility index (Phi) is 7.54. The second kappa shape index (κ2) is 9.38. The maximum Gasteiger partial charge on any atom is 0.272 e. The number of anilines is 3. The minimum absolute atomic E-state index is 0.00646. The van der Waals surface area contributed by atoms with Gasteiger partial charge in [0, 0.05) is 18.2 Å². The molecule has 0 saturated carbocycles. The topological polar surface area (TPSA) is 136 Å². The molecule has 0 aliphatic carbocycles. The molecule has 0 aliphatic rings. The monoisotopic (exact) mass is 366 g/mol. The molecule has 10 heteroatoms. The Bertz CT molecular complexity index is 769. The average molecular weight is 367 g/mol. The van der Waals surface area contributed by atoms with Crippen molar-refractivity contribution in [3.63, 3.8) is 0 Å². The summed E-state index contributed by atoms with van der Waals surface area (Å²) in [5.74, 6) is 0.208. The lowest BCUT2D eigenvalue weighted by Gasteiger charge is -2.12. The van der Waals surface area contributed by atoms with Crippen LogP contribution in [0.4, 0.5) is 23.1 Å². The van der Waals surface area contributed by atoms with Crippen molar-refractivity contribution in [2.24, 2.45) is 0 Å². The number of nitrogens with two attached hydrogens (primary N) is 1. The maximum atomic E-state index is 10.8. The van der Waals surface area contributed by atoms with Crippen LogP contribution in [0.3, 0.4) is 0 Å². The van der Waals surface area contributed by atoms with Gasteiger partial charge in [-0.05, 0) is 18.6 Å². The van der Waals surface area contributed by atoms with Crippen LogP contribution in [0.2, 0.25) is 5.15 Å². The summed E-state index contributed by atoms with van der Waals surface area (Å²) >= 11 is 5.91. The number of hydrogen-bond donors (Lipinski definition) is 3. The predicted octanol–water partition coefficient (Wildman–Crippen LogP) is 3.14. The third-order valence-electron chi connectivity index (χ3n) is 3.00. The van der Waals surface area contributed by atoms with Crippen molar-refractivity contribution in [3.05, 3.63) is 44.6 Å². The minimum Gasteiger partial charge on any atom is -0.368 e. The fourth-order valence-electron chi connectivity index (χ4n) is 1.98. The van der Waals surface area contributed by atoms with E-state index in [2.05, 4.69) is 20.6 Å². The van der Waals surface area contributed by atoms with Gasteiger partial charge in [-0.1, -0.05) is 31.5 Å². The fourth-order valence-corrected chi connectivity index (χ4v) is 2.21. The number of halogens is 1. The zero-order valence-corrected chi connectivity index (χ0v) is 14.8. The first kappa shape index (κ1) is 20.1. The number of nitro groups is 1. The van der Waals surface area contributed by atoms with E-state index in [4.69, 9.17) is 17.3 Å². The number of nitrogens with zero attached hydrogens (tertiary/aromatic N) is 3. The molecule has 0 bridgehead atoms. The van der Waals surface area contributed by atoms with Crippen molar-refractivity contribution < 1.29 is 9.72 Å². The number of benzene rings is 1. The zero-order valence-electron chi connectivity index (χ0n) is 14.0. The van der Waals surface area contributed by atoms with Gasteiger partial charge >= 0.3 is 0 Å². The molecule has 9 nitrogen and oxygen atoms in total. The lowest BCUT2D eigenvalue weighted by atomic mass is 10.1. The largest absolute Gasteiger partial charge is 0.368 e. The van der Waals surface area contributed by atoms with Gasteiger partial charge in [0.1, 0.15) is 5.69 Å². The second-order valence-corrected chi connectivity index (χ2v) is 4.95. The Labute approximate surface area is 149 Å². The molecular weight excluding hydrogens is 348 g/mol. The molecule has 2 aromatic rings. The standard InChI is InChI=1S/C13H13ClN6O3.C2H6/c1-7-4-8(2-3-9(7)20(22)23)5-16-12-10(17-6-21)11(14)18-13(15)19-12;1-2/h2-4,6H,5H2,1H3,(H,17,21)(H3,15,16,18,19);1-2H3. The van der Waals surface area contributed by atoms with Crippen LogP contribution in [-0.4, -0.2) is 21.3 Å². The van der Waals surface area contributed by atoms with Crippen molar-refractivity contribution in [1.29, 1.82) is 0 Å². The lowest BCUT2D eigenvalue weighted by molar-refractivity contribution is -0.385. The number of aryl methyl sites for hydroxylation is 1. The van der Waals surface area contributed by atoms with Gasteiger partial charge in [0.05, 0.1) is 4.92 Å². The first-order valence-electron chi connectivity index (χ1n) is 7.43. The Hall–Kier alpha value is -2.94. The number of nitro benzene ring substituents is 1. The van der Waals surface area contributed by atoms with Crippen LogP contribution in [0.25, 0.3) is 0 Å². The fraction of sp³-hybridized carbons (Fsp3) is 0.267. The molecule has 0 unspecified atom stereocenters. The third kappa shape index (κ3) is 5.28. The SMILES string of the molecule is CC.Cc1cc(CNc2nc(N)nc(Cl)c2NC=O)ccc1[N+](=O)[O-]. The van der Waals surface area contributed by atoms with E-state index in [0.717, 1.165) is 5.56 Å². The van der Waals surface area contributed by atoms with Crippen LogP contribution in [-0.2, 0) is 11.3 Å². The summed E-state index contributed by atoms with van der Waals surface area (Å²) in [7, 11) is 0. The Morgan fingerprint density at radius 2 is 2.04 bits per heavy atom. The third-order valence-corrected chi connectivity index (χ3v) is 3.28. The molecule has 0 fully saturated rings. The maximum absolute atomic E-state index is 10.8. The molecule has 134 valence electrons. The van der Waals surface area contributed by atoms with Crippen LogP contribution < -0.4 is 16.4 Å². The van der Waals surface area contributed by atoms with E-state index < -0.39 is 4.92 Å². The quantitative estimate of drug-likeness (QED) is 0.309. The molecule has 1 aromatic heterocycles. The van der Waals surface area contributed by atoms with Crippen molar-refractivity contribution >= 4 is 41.2 Å². The molecule has 25 heavy (non-hydrogen) atoms. The molecule has 0 spiro atoms. The van der Waals surface area contributed by atoms with E-state index in [9.17, 15) is 14.9 Å². The number of hydrogen-bond acceptors (Lipinski definition) is 7. The van der Waals surface area contributed by atoms with Crippen LogP contribution in [0.1, 0.15) is 25.0 Å². The Morgan fingerprint density at radius 1 is 1.36 bits per heavy atom. The summed E-state index contributed by atoms with van der Waals surface area (Å²) in [5, 5.41) is 16.2. The molecule has 0 atom stereocenters. The van der Waals surface area contributed by atoms with Crippen molar-refractivity contribution in [3.8, 4) is 0 Å². The van der Waals surface area contributed by atoms with Crippen LogP contribution >= 0.6 is 11.6 Å². The number of rotatable bonds is 6. The molecular formula is C15H19ClN6O3. The number of nitrogen functional groups attached to an aromatic ring is 1. The van der Waals surface area contributed by atoms with Gasteiger partial charge in [0.2, 0.25) is 12.4 Å². The summed E-state index contributed by atoms with van der Waals surface area (Å²) in [5.41, 5.74) is 7.12. The molecule has 0 saturated heterocycles. The van der Waals surface area contributed by atoms with Gasteiger partial charge in [-0.3, -0.25) is 14.9 Å². The van der Waals surface area contributed by atoms with E-state index in [0.29, 0.717) is 18.5 Å². The highest BCUT2D eigenvalue weighted by Gasteiger charge is 2.13. The van der Waals surface area contributed by atoms with Crippen molar-refractivity contribution in [2.75, 3.05) is 16.4 Å². The van der Waals surface area contributed by atoms with E-state index in [1.54, 1.807) is 19.1 Å². The second-order valence-electron chi connectivity index (χ2n) is 4.59. The van der Waals surface area contributed by atoms with Gasteiger partial charge < -0.3 is 16.4 Å². The van der Waals surface area contributed by atoms with E-state index >= 15 is 0 Å².